The summed E-state index contributed by atoms with van der Waals surface area (Å²) in [7, 11) is 0. The van der Waals surface area contributed by atoms with Gasteiger partial charge in [0, 0.05) is 27.9 Å². The molecule has 0 aromatic carbocycles. The summed E-state index contributed by atoms with van der Waals surface area (Å²) in [6.07, 6.45) is 2.11. The van der Waals surface area contributed by atoms with E-state index >= 15 is 0 Å². The summed E-state index contributed by atoms with van der Waals surface area (Å²) in [5.41, 5.74) is 0. The number of rotatable bonds is 10. The van der Waals surface area contributed by atoms with Crippen LogP contribution in [0.4, 0.5) is 0 Å². The van der Waals surface area contributed by atoms with Gasteiger partial charge in [-0.25, -0.2) is 0 Å². The van der Waals surface area contributed by atoms with Gasteiger partial charge in [-0.3, -0.25) is 0 Å². The second kappa shape index (κ2) is 24.7. The molecule has 0 aliphatic rings. The first-order chi connectivity index (χ1) is 7.41. The highest BCUT2D eigenvalue weighted by Crippen LogP contribution is 1.86. The van der Waals surface area contributed by atoms with E-state index in [1.54, 1.807) is 0 Å². The molecule has 0 heterocycles. The van der Waals surface area contributed by atoms with E-state index in [1.807, 2.05) is 20.8 Å². The molecule has 16 heavy (non-hydrogen) atoms. The second-order valence-electron chi connectivity index (χ2n) is 2.87. The van der Waals surface area contributed by atoms with E-state index in [-0.39, 0.29) is 25.4 Å². The van der Waals surface area contributed by atoms with Gasteiger partial charge in [-0.05, 0) is 32.9 Å². The van der Waals surface area contributed by atoms with Crippen LogP contribution in [0.3, 0.4) is 0 Å². The Hall–Kier alpha value is 0.610. The molecule has 0 aliphatic carbocycles. The summed E-state index contributed by atoms with van der Waals surface area (Å²) in [6, 6.07) is 0. The predicted molar refractivity (Wildman–Crippen MR) is 84.0 cm³/mol. The van der Waals surface area contributed by atoms with E-state index in [4.69, 9.17) is 9.47 Å². The number of nitrogens with one attached hydrogen (secondary N) is 1. The summed E-state index contributed by atoms with van der Waals surface area (Å²) in [5.74, 6) is 0. The fourth-order valence-electron chi connectivity index (χ4n) is 0.985. The molecule has 1 N–H and O–H groups in total. The molecule has 0 aromatic heterocycles. The fourth-order valence-corrected chi connectivity index (χ4v) is 0.985. The zero-order valence-electron chi connectivity index (χ0n) is 11.4. The van der Waals surface area contributed by atoms with Crippen molar-refractivity contribution in [3.05, 3.63) is 0 Å². The van der Waals surface area contributed by atoms with Gasteiger partial charge < -0.3 is 14.8 Å². The van der Waals surface area contributed by atoms with E-state index in [0.717, 1.165) is 52.4 Å². The monoisotopic (exact) mass is 349 g/mol. The molecule has 0 atom stereocenters. The van der Waals surface area contributed by atoms with Crippen molar-refractivity contribution >= 4 is 24.0 Å². The molecule has 0 unspecified atom stereocenters. The molecule has 0 saturated carbocycles. The zero-order valence-corrected chi connectivity index (χ0v) is 13.7. The summed E-state index contributed by atoms with van der Waals surface area (Å²) in [6.45, 7) is 13.5. The Balaban J connectivity index is -0.000000199. The molecule has 0 aliphatic heterocycles. The fraction of sp³-hybridized carbons (Fsp3) is 1.00. The van der Waals surface area contributed by atoms with E-state index in [2.05, 4.69) is 12.2 Å². The minimum atomic E-state index is 0. The van der Waals surface area contributed by atoms with Crippen LogP contribution in [0.1, 0.15) is 42.0 Å². The molecule has 4 heteroatoms. The van der Waals surface area contributed by atoms with Gasteiger partial charge in [0.25, 0.3) is 0 Å². The van der Waals surface area contributed by atoms with Gasteiger partial charge in [-0.15, -0.1) is 24.0 Å². The maximum absolute atomic E-state index is 5.41. The van der Waals surface area contributed by atoms with Crippen LogP contribution in [0.15, 0.2) is 0 Å². The highest BCUT2D eigenvalue weighted by molar-refractivity contribution is 14.0. The van der Waals surface area contributed by atoms with Crippen LogP contribution in [0.25, 0.3) is 0 Å². The summed E-state index contributed by atoms with van der Waals surface area (Å²) in [4.78, 5) is 0. The van der Waals surface area contributed by atoms with Crippen LogP contribution in [0, 0.1) is 0 Å². The van der Waals surface area contributed by atoms with Crippen molar-refractivity contribution in [1.29, 1.82) is 0 Å². The lowest BCUT2D eigenvalue weighted by Crippen LogP contribution is -2.16. The van der Waals surface area contributed by atoms with Gasteiger partial charge in [0.1, 0.15) is 0 Å². The lowest BCUT2D eigenvalue weighted by atomic mass is 10.4. The highest BCUT2D eigenvalue weighted by atomic mass is 127. The maximum atomic E-state index is 5.41. The zero-order chi connectivity index (χ0) is 11.8. The average molecular weight is 349 g/mol. The van der Waals surface area contributed by atoms with Crippen LogP contribution in [0.2, 0.25) is 0 Å². The van der Waals surface area contributed by atoms with Gasteiger partial charge in [0.05, 0.1) is 0 Å². The largest absolute Gasteiger partial charge is 0.382 e. The molecular weight excluding hydrogens is 317 g/mol. The standard InChI is InChI=1S/C10H23NO2.C2H6.HI.H2/c1-3-11-7-5-8-13-10-6-9-12-4-2;1-2;;/h11H,3-10H2,1-2H3;1-2H3;2*1H. The van der Waals surface area contributed by atoms with Crippen LogP contribution in [0.5, 0.6) is 0 Å². The van der Waals surface area contributed by atoms with Crippen LogP contribution < -0.4 is 5.32 Å². The van der Waals surface area contributed by atoms with Crippen molar-refractivity contribution in [1.82, 2.24) is 5.32 Å². The molecular formula is C12H32INO2. The van der Waals surface area contributed by atoms with E-state index in [9.17, 15) is 0 Å². The highest BCUT2D eigenvalue weighted by Gasteiger charge is 1.89. The van der Waals surface area contributed by atoms with Gasteiger partial charge in [-0.1, -0.05) is 20.8 Å². The summed E-state index contributed by atoms with van der Waals surface area (Å²) >= 11 is 0. The normalized spacial score (nSPS) is 9.00. The number of ether oxygens (including phenoxy) is 2. The van der Waals surface area contributed by atoms with Crippen molar-refractivity contribution in [3.63, 3.8) is 0 Å². The van der Waals surface area contributed by atoms with Crippen LogP contribution in [-0.4, -0.2) is 39.5 Å². The third-order valence-corrected chi connectivity index (χ3v) is 1.67. The number of halogens is 1. The Bertz CT molecular complexity index is 90.6. The Morgan fingerprint density at radius 1 is 0.938 bits per heavy atom. The minimum Gasteiger partial charge on any atom is -0.382 e. The Morgan fingerprint density at radius 3 is 2.06 bits per heavy atom. The van der Waals surface area contributed by atoms with Gasteiger partial charge >= 0.3 is 0 Å². The van der Waals surface area contributed by atoms with Gasteiger partial charge in [0.2, 0.25) is 0 Å². The van der Waals surface area contributed by atoms with Gasteiger partial charge in [0.15, 0.2) is 0 Å². The topological polar surface area (TPSA) is 30.5 Å². The van der Waals surface area contributed by atoms with Crippen molar-refractivity contribution in [3.8, 4) is 0 Å². The third-order valence-electron chi connectivity index (χ3n) is 1.67. The van der Waals surface area contributed by atoms with Crippen LogP contribution in [-0.2, 0) is 9.47 Å². The predicted octanol–water partition coefficient (Wildman–Crippen LogP) is 3.32. The van der Waals surface area contributed by atoms with E-state index in [0.29, 0.717) is 0 Å². The van der Waals surface area contributed by atoms with E-state index < -0.39 is 0 Å². The molecule has 104 valence electrons. The second-order valence-corrected chi connectivity index (χ2v) is 2.87. The Morgan fingerprint density at radius 2 is 1.50 bits per heavy atom. The van der Waals surface area contributed by atoms with Crippen molar-refractivity contribution in [2.75, 3.05) is 39.5 Å². The third kappa shape index (κ3) is 24.0. The number of hydrogen-bond acceptors (Lipinski definition) is 3. The minimum absolute atomic E-state index is 0. The lowest BCUT2D eigenvalue weighted by molar-refractivity contribution is 0.0869. The van der Waals surface area contributed by atoms with Crippen molar-refractivity contribution in [2.24, 2.45) is 0 Å². The molecule has 0 radical (unpaired) electrons. The molecule has 0 bridgehead atoms. The number of hydrogen-bond donors (Lipinski definition) is 1. The molecule has 3 nitrogen and oxygen atoms in total. The maximum Gasteiger partial charge on any atom is 0.0487 e. The summed E-state index contributed by atoms with van der Waals surface area (Å²) in [5, 5.41) is 3.25. The van der Waals surface area contributed by atoms with Gasteiger partial charge in [-0.2, -0.15) is 0 Å². The van der Waals surface area contributed by atoms with E-state index in [1.165, 1.54) is 0 Å². The molecule has 0 amide bonds. The molecule has 0 saturated heterocycles. The molecule has 0 aromatic rings. The first kappa shape index (κ1) is 21.9. The van der Waals surface area contributed by atoms with Crippen LogP contribution >= 0.6 is 24.0 Å². The first-order valence-corrected chi connectivity index (χ1v) is 6.28. The van der Waals surface area contributed by atoms with Crippen molar-refractivity contribution < 1.29 is 10.9 Å². The smallest absolute Gasteiger partial charge is 0.0487 e. The Labute approximate surface area is 120 Å². The molecule has 0 spiro atoms. The quantitative estimate of drug-likeness (QED) is 0.485. The average Bonchev–Trinajstić information content (AvgIpc) is 2.30. The van der Waals surface area contributed by atoms with Crippen molar-refractivity contribution in [2.45, 2.75) is 40.5 Å². The molecule has 0 fully saturated rings. The SMILES string of the molecule is CC.CCNCCCOCCCOCC.I.[HH]. The molecule has 0 rings (SSSR count). The summed E-state index contributed by atoms with van der Waals surface area (Å²) < 4.78 is 10.6. The lowest BCUT2D eigenvalue weighted by Gasteiger charge is -2.04. The Kier molecular flexibility index (Phi) is 33.8. The first-order valence-electron chi connectivity index (χ1n) is 6.28.